The maximum Gasteiger partial charge on any atom is 0.250 e. The van der Waals surface area contributed by atoms with Crippen molar-refractivity contribution in [1.82, 2.24) is 0 Å². The Labute approximate surface area is 111 Å². The Morgan fingerprint density at radius 2 is 2.06 bits per heavy atom. The summed E-state index contributed by atoms with van der Waals surface area (Å²) < 4.78 is 5.19. The van der Waals surface area contributed by atoms with E-state index >= 15 is 0 Å². The third-order valence-electron chi connectivity index (χ3n) is 2.10. The topological polar surface area (TPSA) is 38.3 Å². The van der Waals surface area contributed by atoms with Crippen LogP contribution in [0.3, 0.4) is 0 Å². The first kappa shape index (κ1) is 14.3. The first-order valence-corrected chi connectivity index (χ1v) is 6.03. The number of anilines is 1. The van der Waals surface area contributed by atoms with Gasteiger partial charge >= 0.3 is 0 Å². The van der Waals surface area contributed by atoms with Crippen LogP contribution in [0, 0.1) is 6.92 Å². The molecular weight excluding hydrogens is 261 g/mol. The zero-order valence-corrected chi connectivity index (χ0v) is 11.5. The fraction of sp³-hybridized carbons (Fsp3) is 0.417. The Morgan fingerprint density at radius 3 is 2.65 bits per heavy atom. The number of carbonyl (C=O) groups excluding carboxylic acids is 1. The van der Waals surface area contributed by atoms with E-state index in [1.165, 1.54) is 0 Å². The molecule has 0 spiro atoms. The molecule has 0 bridgehead atoms. The zero-order valence-electron chi connectivity index (χ0n) is 10.0. The van der Waals surface area contributed by atoms with Gasteiger partial charge in [0, 0.05) is 0 Å². The fourth-order valence-corrected chi connectivity index (χ4v) is 1.65. The maximum atomic E-state index is 11.6. The molecule has 0 radical (unpaired) electrons. The number of amides is 1. The molecule has 0 unspecified atom stereocenters. The minimum Gasteiger partial charge on any atom is -0.369 e. The van der Waals surface area contributed by atoms with E-state index in [9.17, 15) is 4.79 Å². The summed E-state index contributed by atoms with van der Waals surface area (Å²) in [7, 11) is 0. The molecule has 0 aliphatic heterocycles. The maximum absolute atomic E-state index is 11.6. The van der Waals surface area contributed by atoms with Gasteiger partial charge in [0.05, 0.1) is 21.8 Å². The molecule has 5 heteroatoms. The first-order chi connectivity index (χ1) is 7.91. The van der Waals surface area contributed by atoms with Crippen LogP contribution in [0.1, 0.15) is 19.4 Å². The van der Waals surface area contributed by atoms with E-state index < -0.39 is 0 Å². The number of hydrogen-bond donors (Lipinski definition) is 1. The molecule has 17 heavy (non-hydrogen) atoms. The summed E-state index contributed by atoms with van der Waals surface area (Å²) in [5.74, 6) is -0.270. The van der Waals surface area contributed by atoms with E-state index in [1.807, 2.05) is 20.8 Å². The molecule has 0 saturated carbocycles. The van der Waals surface area contributed by atoms with Gasteiger partial charge in [0.2, 0.25) is 5.91 Å². The average molecular weight is 276 g/mol. The Kier molecular flexibility index (Phi) is 5.25. The summed E-state index contributed by atoms with van der Waals surface area (Å²) in [5.41, 5.74) is 1.29. The summed E-state index contributed by atoms with van der Waals surface area (Å²) >= 11 is 12.0. The second kappa shape index (κ2) is 6.24. The van der Waals surface area contributed by atoms with Gasteiger partial charge in [-0.15, -0.1) is 0 Å². The highest BCUT2D eigenvalue weighted by Gasteiger charge is 2.12. The monoisotopic (exact) mass is 275 g/mol. The summed E-state index contributed by atoms with van der Waals surface area (Å²) in [5, 5.41) is 3.52. The summed E-state index contributed by atoms with van der Waals surface area (Å²) in [6.07, 6.45) is 0.00389. The molecular formula is C12H15Cl2NO2. The molecule has 94 valence electrons. The summed E-state index contributed by atoms with van der Waals surface area (Å²) in [4.78, 5) is 11.6. The van der Waals surface area contributed by atoms with Crippen LogP contribution in [-0.2, 0) is 9.53 Å². The standard InChI is InChI=1S/C12H15Cl2NO2/c1-7(2)17-6-10(16)15-12-9(13)5-4-8(3)11(12)14/h4-5,7H,6H2,1-3H3,(H,15,16). The van der Waals surface area contributed by atoms with Crippen LogP contribution in [0.2, 0.25) is 10.0 Å². The number of ether oxygens (including phenoxy) is 1. The van der Waals surface area contributed by atoms with Crippen LogP contribution >= 0.6 is 23.2 Å². The number of carbonyl (C=O) groups is 1. The quantitative estimate of drug-likeness (QED) is 0.911. The summed E-state index contributed by atoms with van der Waals surface area (Å²) in [6.45, 7) is 5.55. The molecule has 1 amide bonds. The Balaban J connectivity index is 2.74. The lowest BCUT2D eigenvalue weighted by atomic mass is 10.2. The van der Waals surface area contributed by atoms with E-state index in [-0.39, 0.29) is 18.6 Å². The van der Waals surface area contributed by atoms with Crippen LogP contribution < -0.4 is 5.32 Å². The van der Waals surface area contributed by atoms with Gasteiger partial charge in [0.1, 0.15) is 6.61 Å². The highest BCUT2D eigenvalue weighted by molar-refractivity contribution is 6.40. The van der Waals surface area contributed by atoms with Crippen molar-refractivity contribution in [3.8, 4) is 0 Å². The molecule has 0 aromatic heterocycles. The number of aryl methyl sites for hydroxylation is 1. The minimum atomic E-state index is -0.270. The second-order valence-electron chi connectivity index (χ2n) is 3.96. The van der Waals surface area contributed by atoms with Gasteiger partial charge in [-0.25, -0.2) is 0 Å². The van der Waals surface area contributed by atoms with Gasteiger partial charge in [-0.05, 0) is 32.4 Å². The van der Waals surface area contributed by atoms with Crippen molar-refractivity contribution < 1.29 is 9.53 Å². The van der Waals surface area contributed by atoms with Gasteiger partial charge < -0.3 is 10.1 Å². The van der Waals surface area contributed by atoms with Gasteiger partial charge in [-0.1, -0.05) is 29.3 Å². The largest absolute Gasteiger partial charge is 0.369 e. The molecule has 3 nitrogen and oxygen atoms in total. The number of halogens is 2. The van der Waals surface area contributed by atoms with Crippen molar-refractivity contribution in [1.29, 1.82) is 0 Å². The number of rotatable bonds is 4. The molecule has 0 atom stereocenters. The lowest BCUT2D eigenvalue weighted by molar-refractivity contribution is -0.121. The fourth-order valence-electron chi connectivity index (χ4n) is 1.19. The summed E-state index contributed by atoms with van der Waals surface area (Å²) in [6, 6.07) is 3.49. The van der Waals surface area contributed by atoms with E-state index in [1.54, 1.807) is 12.1 Å². The molecule has 1 N–H and O–H groups in total. The van der Waals surface area contributed by atoms with Gasteiger partial charge in [0.25, 0.3) is 0 Å². The molecule has 0 heterocycles. The predicted molar refractivity (Wildman–Crippen MR) is 70.9 cm³/mol. The molecule has 1 aromatic rings. The van der Waals surface area contributed by atoms with E-state index in [0.29, 0.717) is 15.7 Å². The van der Waals surface area contributed by atoms with E-state index in [4.69, 9.17) is 27.9 Å². The molecule has 1 rings (SSSR count). The van der Waals surface area contributed by atoms with Crippen molar-refractivity contribution in [3.05, 3.63) is 27.7 Å². The van der Waals surface area contributed by atoms with Crippen molar-refractivity contribution >= 4 is 34.8 Å². The predicted octanol–water partition coefficient (Wildman–Crippen LogP) is 3.67. The SMILES string of the molecule is Cc1ccc(Cl)c(NC(=O)COC(C)C)c1Cl. The van der Waals surface area contributed by atoms with Gasteiger partial charge in [-0.3, -0.25) is 4.79 Å². The highest BCUT2D eigenvalue weighted by Crippen LogP contribution is 2.32. The van der Waals surface area contributed by atoms with Crippen molar-refractivity contribution in [2.45, 2.75) is 26.9 Å². The smallest absolute Gasteiger partial charge is 0.250 e. The molecule has 0 aliphatic rings. The number of nitrogens with one attached hydrogen (secondary N) is 1. The van der Waals surface area contributed by atoms with Crippen LogP contribution in [0.15, 0.2) is 12.1 Å². The van der Waals surface area contributed by atoms with Crippen LogP contribution in [0.4, 0.5) is 5.69 Å². The molecule has 0 aliphatic carbocycles. The Bertz CT molecular complexity index is 419. The lowest BCUT2D eigenvalue weighted by Crippen LogP contribution is -2.21. The molecule has 0 saturated heterocycles. The van der Waals surface area contributed by atoms with Crippen LogP contribution in [0.5, 0.6) is 0 Å². The van der Waals surface area contributed by atoms with Crippen molar-refractivity contribution in [3.63, 3.8) is 0 Å². The minimum absolute atomic E-state index is 0.00389. The highest BCUT2D eigenvalue weighted by atomic mass is 35.5. The van der Waals surface area contributed by atoms with Crippen LogP contribution in [0.25, 0.3) is 0 Å². The van der Waals surface area contributed by atoms with Gasteiger partial charge in [-0.2, -0.15) is 0 Å². The molecule has 1 aromatic carbocycles. The van der Waals surface area contributed by atoms with E-state index in [0.717, 1.165) is 5.56 Å². The average Bonchev–Trinajstić information content (AvgIpc) is 2.27. The normalized spacial score (nSPS) is 10.7. The first-order valence-electron chi connectivity index (χ1n) is 5.28. The third kappa shape index (κ3) is 4.19. The van der Waals surface area contributed by atoms with Crippen molar-refractivity contribution in [2.75, 3.05) is 11.9 Å². The number of benzene rings is 1. The number of hydrogen-bond acceptors (Lipinski definition) is 2. The third-order valence-corrected chi connectivity index (χ3v) is 2.90. The van der Waals surface area contributed by atoms with Crippen molar-refractivity contribution in [2.24, 2.45) is 0 Å². The van der Waals surface area contributed by atoms with E-state index in [2.05, 4.69) is 5.32 Å². The lowest BCUT2D eigenvalue weighted by Gasteiger charge is -2.12. The molecule has 0 fully saturated rings. The Hall–Kier alpha value is -0.770. The Morgan fingerprint density at radius 1 is 1.41 bits per heavy atom. The van der Waals surface area contributed by atoms with Gasteiger partial charge in [0.15, 0.2) is 0 Å². The zero-order chi connectivity index (χ0) is 13.0. The second-order valence-corrected chi connectivity index (χ2v) is 4.75. The van der Waals surface area contributed by atoms with Crippen LogP contribution in [-0.4, -0.2) is 18.6 Å².